The Morgan fingerprint density at radius 2 is 1.61 bits per heavy atom. The summed E-state index contributed by atoms with van der Waals surface area (Å²) in [5.74, 6) is 0.272. The fourth-order valence-corrected chi connectivity index (χ4v) is 2.83. The first kappa shape index (κ1) is 20.0. The molecule has 1 aromatic carbocycles. The molecule has 0 fully saturated rings. The molecule has 3 nitrogen and oxygen atoms in total. The number of halogens is 3. The molecule has 1 aromatic rings. The molecule has 1 atom stereocenters. The van der Waals surface area contributed by atoms with Crippen molar-refractivity contribution in [1.82, 2.24) is 0 Å². The maximum absolute atomic E-state index is 13.1. The molecule has 0 saturated heterocycles. The minimum Gasteiger partial charge on any atom is -0.543 e. The molecule has 0 saturated carbocycles. The van der Waals surface area contributed by atoms with Gasteiger partial charge < -0.3 is 14.6 Å². The number of aliphatic hydroxyl groups is 2. The van der Waals surface area contributed by atoms with E-state index in [1.54, 1.807) is 0 Å². The van der Waals surface area contributed by atoms with Crippen molar-refractivity contribution in [1.29, 1.82) is 0 Å². The molecular weight excluding hydrogens is 325 g/mol. The Morgan fingerprint density at radius 3 is 2.00 bits per heavy atom. The van der Waals surface area contributed by atoms with Gasteiger partial charge in [0.1, 0.15) is 5.75 Å². The van der Waals surface area contributed by atoms with Crippen molar-refractivity contribution in [2.24, 2.45) is 0 Å². The van der Waals surface area contributed by atoms with Crippen LogP contribution < -0.4 is 4.43 Å². The van der Waals surface area contributed by atoms with Crippen molar-refractivity contribution in [3.63, 3.8) is 0 Å². The van der Waals surface area contributed by atoms with Crippen molar-refractivity contribution in [2.75, 3.05) is 0 Å². The molecular formula is C16H25F3O3Si. The maximum Gasteiger partial charge on any atom is 0.421 e. The Hall–Kier alpha value is -1.05. The van der Waals surface area contributed by atoms with Gasteiger partial charge in [-0.05, 0) is 42.8 Å². The minimum atomic E-state index is -4.85. The molecule has 0 aliphatic rings. The van der Waals surface area contributed by atoms with Gasteiger partial charge in [-0.1, -0.05) is 26.8 Å². The van der Waals surface area contributed by atoms with E-state index in [0.29, 0.717) is 6.92 Å². The predicted octanol–water partition coefficient (Wildman–Crippen LogP) is 4.33. The van der Waals surface area contributed by atoms with Gasteiger partial charge in [0.25, 0.3) is 0 Å². The van der Waals surface area contributed by atoms with Crippen LogP contribution in [0.15, 0.2) is 18.2 Å². The monoisotopic (exact) mass is 350 g/mol. The highest BCUT2D eigenvalue weighted by Crippen LogP contribution is 2.42. The van der Waals surface area contributed by atoms with Gasteiger partial charge >= 0.3 is 6.18 Å². The van der Waals surface area contributed by atoms with E-state index in [1.165, 1.54) is 18.2 Å². The first-order chi connectivity index (χ1) is 10.1. The van der Waals surface area contributed by atoms with Crippen molar-refractivity contribution in [3.8, 4) is 5.75 Å². The molecule has 2 N–H and O–H groups in total. The fourth-order valence-electron chi connectivity index (χ4n) is 1.81. The van der Waals surface area contributed by atoms with Gasteiger partial charge in [-0.2, -0.15) is 13.2 Å². The molecule has 7 heteroatoms. The number of benzene rings is 1. The zero-order chi connectivity index (χ0) is 18.3. The smallest absolute Gasteiger partial charge is 0.421 e. The Kier molecular flexibility index (Phi) is 5.31. The third-order valence-corrected chi connectivity index (χ3v) is 8.87. The summed E-state index contributed by atoms with van der Waals surface area (Å²) in [7, 11) is -2.23. The van der Waals surface area contributed by atoms with Crippen molar-refractivity contribution >= 4 is 8.32 Å². The van der Waals surface area contributed by atoms with E-state index in [2.05, 4.69) is 0 Å². The molecule has 0 aliphatic carbocycles. The van der Waals surface area contributed by atoms with Gasteiger partial charge in [0.2, 0.25) is 8.32 Å². The summed E-state index contributed by atoms with van der Waals surface area (Å²) in [4.78, 5) is 0. The summed E-state index contributed by atoms with van der Waals surface area (Å²) in [5, 5.41) is 19.1. The molecule has 23 heavy (non-hydrogen) atoms. The molecule has 0 spiro atoms. The van der Waals surface area contributed by atoms with Crippen LogP contribution in [0.25, 0.3) is 0 Å². The molecule has 1 rings (SSSR count). The third kappa shape index (κ3) is 4.08. The van der Waals surface area contributed by atoms with Crippen molar-refractivity contribution < 1.29 is 27.8 Å². The lowest BCUT2D eigenvalue weighted by molar-refractivity contribution is -0.259. The number of hydrogen-bond donors (Lipinski definition) is 2. The van der Waals surface area contributed by atoms with Gasteiger partial charge in [0.05, 0.1) is 6.61 Å². The van der Waals surface area contributed by atoms with Crippen LogP contribution in [0.5, 0.6) is 5.75 Å². The van der Waals surface area contributed by atoms with Crippen LogP contribution in [0.1, 0.15) is 38.8 Å². The fraction of sp³-hybridized carbons (Fsp3) is 0.625. The summed E-state index contributed by atoms with van der Waals surface area (Å²) < 4.78 is 45.4. The van der Waals surface area contributed by atoms with Crippen molar-refractivity contribution in [2.45, 2.75) is 64.2 Å². The second-order valence-corrected chi connectivity index (χ2v) is 12.1. The molecule has 132 valence electrons. The maximum atomic E-state index is 13.1. The van der Waals surface area contributed by atoms with Gasteiger partial charge in [0.15, 0.2) is 5.60 Å². The summed E-state index contributed by atoms with van der Waals surface area (Å²) >= 11 is 0. The Morgan fingerprint density at radius 1 is 1.09 bits per heavy atom. The van der Waals surface area contributed by atoms with Crippen LogP contribution >= 0.6 is 0 Å². The summed E-state index contributed by atoms with van der Waals surface area (Å²) in [6.07, 6.45) is -4.85. The molecule has 0 radical (unpaired) electrons. The second kappa shape index (κ2) is 6.11. The molecule has 0 aliphatic heterocycles. The molecule has 0 heterocycles. The van der Waals surface area contributed by atoms with Crippen molar-refractivity contribution in [3.05, 3.63) is 29.3 Å². The summed E-state index contributed by atoms with van der Waals surface area (Å²) in [6.45, 7) is 10.1. The van der Waals surface area contributed by atoms with Gasteiger partial charge in [0, 0.05) is 5.56 Å². The highest BCUT2D eigenvalue weighted by Gasteiger charge is 2.52. The van der Waals surface area contributed by atoms with E-state index in [0.717, 1.165) is 0 Å². The Bertz CT molecular complexity index is 561. The van der Waals surface area contributed by atoms with Crippen LogP contribution in [-0.2, 0) is 12.2 Å². The highest BCUT2D eigenvalue weighted by molar-refractivity contribution is 6.74. The van der Waals surface area contributed by atoms with Gasteiger partial charge in [-0.25, -0.2) is 0 Å². The normalized spacial score (nSPS) is 16.1. The Labute approximate surface area is 136 Å². The van der Waals surface area contributed by atoms with Crippen LogP contribution in [-0.4, -0.2) is 24.7 Å². The quantitative estimate of drug-likeness (QED) is 0.795. The number of aliphatic hydroxyl groups excluding tert-OH is 1. The second-order valence-electron chi connectivity index (χ2n) is 7.41. The van der Waals surface area contributed by atoms with Crippen LogP contribution in [0, 0.1) is 0 Å². The van der Waals surface area contributed by atoms with E-state index >= 15 is 0 Å². The van der Waals surface area contributed by atoms with Crippen LogP contribution in [0.2, 0.25) is 18.1 Å². The van der Waals surface area contributed by atoms with E-state index in [4.69, 9.17) is 4.43 Å². The third-order valence-electron chi connectivity index (χ3n) is 4.51. The largest absolute Gasteiger partial charge is 0.543 e. The first-order valence-corrected chi connectivity index (χ1v) is 10.3. The molecule has 0 aromatic heterocycles. The summed E-state index contributed by atoms with van der Waals surface area (Å²) in [6, 6.07) is 4.07. The Balaban J connectivity index is 3.35. The minimum absolute atomic E-state index is 0.0231. The van der Waals surface area contributed by atoms with Crippen LogP contribution in [0.3, 0.4) is 0 Å². The van der Waals surface area contributed by atoms with E-state index in [1.807, 2.05) is 33.9 Å². The van der Waals surface area contributed by atoms with Gasteiger partial charge in [-0.15, -0.1) is 0 Å². The SMILES string of the molecule is CC(O)(c1cc(O[Si](C)(C)C(C)(C)C)ccc1CO)C(F)(F)F. The molecule has 0 bridgehead atoms. The predicted molar refractivity (Wildman–Crippen MR) is 85.8 cm³/mol. The average Bonchev–Trinajstić information content (AvgIpc) is 2.35. The van der Waals surface area contributed by atoms with Crippen LogP contribution in [0.4, 0.5) is 13.2 Å². The lowest BCUT2D eigenvalue weighted by Crippen LogP contribution is -2.44. The number of hydrogen-bond acceptors (Lipinski definition) is 3. The van der Waals surface area contributed by atoms with E-state index < -0.39 is 26.7 Å². The highest BCUT2D eigenvalue weighted by atomic mass is 28.4. The first-order valence-electron chi connectivity index (χ1n) is 7.36. The average molecular weight is 350 g/mol. The zero-order valence-corrected chi connectivity index (χ0v) is 15.4. The number of alkyl halides is 3. The molecule has 1 unspecified atom stereocenters. The molecule has 0 amide bonds. The van der Waals surface area contributed by atoms with E-state index in [-0.39, 0.29) is 21.9 Å². The lowest BCUT2D eigenvalue weighted by atomic mass is 9.91. The number of rotatable bonds is 4. The lowest BCUT2D eigenvalue weighted by Gasteiger charge is -2.37. The summed E-state index contributed by atoms with van der Waals surface area (Å²) in [5.41, 5.74) is -3.42. The zero-order valence-electron chi connectivity index (χ0n) is 14.4. The van der Waals surface area contributed by atoms with E-state index in [9.17, 15) is 23.4 Å². The van der Waals surface area contributed by atoms with Gasteiger partial charge in [-0.3, -0.25) is 0 Å². The standard InChI is InChI=1S/C16H25F3O3Si/c1-14(2,3)23(5,6)22-12-8-7-11(10-20)13(9-12)15(4,21)16(17,18)19/h7-9,20-21H,10H2,1-6H3. The topological polar surface area (TPSA) is 49.7 Å².